The summed E-state index contributed by atoms with van der Waals surface area (Å²) in [5.74, 6) is 0.669. The van der Waals surface area contributed by atoms with Gasteiger partial charge >= 0.3 is 0 Å². The van der Waals surface area contributed by atoms with Crippen LogP contribution in [0.3, 0.4) is 0 Å². The first-order valence-electron chi connectivity index (χ1n) is 4.97. The number of ether oxygens (including phenoxy) is 1. The Morgan fingerprint density at radius 1 is 1.00 bits per heavy atom. The summed E-state index contributed by atoms with van der Waals surface area (Å²) in [6.07, 6.45) is 0. The van der Waals surface area contributed by atoms with Crippen molar-refractivity contribution in [3.63, 3.8) is 0 Å². The van der Waals surface area contributed by atoms with Crippen molar-refractivity contribution in [2.75, 3.05) is 0 Å². The highest BCUT2D eigenvalue weighted by molar-refractivity contribution is 9.10. The van der Waals surface area contributed by atoms with E-state index in [1.54, 1.807) is 18.2 Å². The highest BCUT2D eigenvalue weighted by Gasteiger charge is 2.00. The largest absolute Gasteiger partial charge is 0.489 e. The molecule has 0 spiro atoms. The summed E-state index contributed by atoms with van der Waals surface area (Å²) < 4.78 is 6.65. The first-order chi connectivity index (χ1) is 8.13. The Kier molecular flexibility index (Phi) is 4.32. The van der Waals surface area contributed by atoms with Gasteiger partial charge in [-0.1, -0.05) is 51.3 Å². The Labute approximate surface area is 118 Å². The second-order valence-corrected chi connectivity index (χ2v) is 5.31. The van der Waals surface area contributed by atoms with Gasteiger partial charge in [-0.3, -0.25) is 0 Å². The van der Waals surface area contributed by atoms with E-state index in [0.717, 1.165) is 10.0 Å². The molecule has 2 aromatic rings. The lowest BCUT2D eigenvalue weighted by atomic mass is 10.2. The molecule has 0 unspecified atom stereocenters. The molecule has 0 aliphatic rings. The zero-order valence-electron chi connectivity index (χ0n) is 8.79. The minimum atomic E-state index is 0.482. The predicted molar refractivity (Wildman–Crippen MR) is 74.9 cm³/mol. The summed E-state index contributed by atoms with van der Waals surface area (Å²) >= 11 is 15.2. The standard InChI is InChI=1S/C13H9BrCl2O/c14-10-3-1-2-9(4-10)8-17-13-6-11(15)5-12(16)7-13/h1-7H,8H2. The highest BCUT2D eigenvalue weighted by Crippen LogP contribution is 2.25. The summed E-state index contributed by atoms with van der Waals surface area (Å²) in [6, 6.07) is 13.1. The molecule has 4 heteroatoms. The molecule has 1 nitrogen and oxygen atoms in total. The maximum Gasteiger partial charge on any atom is 0.122 e. The van der Waals surface area contributed by atoms with Crippen LogP contribution in [-0.2, 0) is 6.61 Å². The summed E-state index contributed by atoms with van der Waals surface area (Å²) in [7, 11) is 0. The van der Waals surface area contributed by atoms with Crippen LogP contribution in [0, 0.1) is 0 Å². The molecule has 0 radical (unpaired) electrons. The minimum absolute atomic E-state index is 0.482. The molecular formula is C13H9BrCl2O. The topological polar surface area (TPSA) is 9.23 Å². The Morgan fingerprint density at radius 2 is 1.71 bits per heavy atom. The van der Waals surface area contributed by atoms with Gasteiger partial charge in [0.1, 0.15) is 12.4 Å². The van der Waals surface area contributed by atoms with Crippen molar-refractivity contribution in [3.8, 4) is 5.75 Å². The Bertz CT molecular complexity index is 508. The molecular weight excluding hydrogens is 323 g/mol. The molecule has 0 atom stereocenters. The number of rotatable bonds is 3. The van der Waals surface area contributed by atoms with E-state index in [-0.39, 0.29) is 0 Å². The molecule has 2 aromatic carbocycles. The quantitative estimate of drug-likeness (QED) is 0.738. The molecule has 0 N–H and O–H groups in total. The van der Waals surface area contributed by atoms with Gasteiger partial charge in [-0.2, -0.15) is 0 Å². The van der Waals surface area contributed by atoms with Gasteiger partial charge in [-0.05, 0) is 35.9 Å². The Morgan fingerprint density at radius 3 is 2.35 bits per heavy atom. The molecule has 0 heterocycles. The van der Waals surface area contributed by atoms with E-state index in [0.29, 0.717) is 22.4 Å². The molecule has 0 aliphatic carbocycles. The molecule has 0 saturated carbocycles. The van der Waals surface area contributed by atoms with Gasteiger partial charge in [0, 0.05) is 14.5 Å². The van der Waals surface area contributed by atoms with Crippen molar-refractivity contribution >= 4 is 39.1 Å². The monoisotopic (exact) mass is 330 g/mol. The van der Waals surface area contributed by atoms with Crippen LogP contribution in [0.1, 0.15) is 5.56 Å². The Balaban J connectivity index is 2.07. The number of halogens is 3. The molecule has 17 heavy (non-hydrogen) atoms. The van der Waals surface area contributed by atoms with Crippen molar-refractivity contribution in [3.05, 3.63) is 62.5 Å². The van der Waals surface area contributed by atoms with Gasteiger partial charge in [0.15, 0.2) is 0 Å². The minimum Gasteiger partial charge on any atom is -0.489 e. The van der Waals surface area contributed by atoms with Crippen LogP contribution in [0.2, 0.25) is 10.0 Å². The number of hydrogen-bond donors (Lipinski definition) is 0. The first-order valence-corrected chi connectivity index (χ1v) is 6.52. The molecule has 0 fully saturated rings. The second-order valence-electron chi connectivity index (χ2n) is 3.52. The molecule has 88 valence electrons. The van der Waals surface area contributed by atoms with Crippen molar-refractivity contribution in [2.24, 2.45) is 0 Å². The summed E-state index contributed by atoms with van der Waals surface area (Å²) in [4.78, 5) is 0. The van der Waals surface area contributed by atoms with Crippen LogP contribution in [0.4, 0.5) is 0 Å². The lowest BCUT2D eigenvalue weighted by Crippen LogP contribution is -1.95. The predicted octanol–water partition coefficient (Wildman–Crippen LogP) is 5.33. The van der Waals surface area contributed by atoms with E-state index in [2.05, 4.69) is 15.9 Å². The third kappa shape index (κ3) is 3.91. The van der Waals surface area contributed by atoms with Gasteiger partial charge < -0.3 is 4.74 Å². The van der Waals surface area contributed by atoms with Gasteiger partial charge in [-0.25, -0.2) is 0 Å². The average molecular weight is 332 g/mol. The van der Waals surface area contributed by atoms with Gasteiger partial charge in [0.25, 0.3) is 0 Å². The molecule has 2 rings (SSSR count). The third-order valence-corrected chi connectivity index (χ3v) is 3.06. The lowest BCUT2D eigenvalue weighted by Gasteiger charge is -2.07. The SMILES string of the molecule is Clc1cc(Cl)cc(OCc2cccc(Br)c2)c1. The van der Waals surface area contributed by atoms with Crippen LogP contribution in [0.25, 0.3) is 0 Å². The van der Waals surface area contributed by atoms with E-state index in [1.807, 2.05) is 24.3 Å². The van der Waals surface area contributed by atoms with E-state index in [4.69, 9.17) is 27.9 Å². The summed E-state index contributed by atoms with van der Waals surface area (Å²) in [6.45, 7) is 0.482. The van der Waals surface area contributed by atoms with Crippen molar-refractivity contribution in [2.45, 2.75) is 6.61 Å². The average Bonchev–Trinajstić information content (AvgIpc) is 2.25. The van der Waals surface area contributed by atoms with Crippen LogP contribution < -0.4 is 4.74 Å². The van der Waals surface area contributed by atoms with E-state index < -0.39 is 0 Å². The fraction of sp³-hybridized carbons (Fsp3) is 0.0769. The van der Waals surface area contributed by atoms with Crippen LogP contribution in [0.5, 0.6) is 5.75 Å². The van der Waals surface area contributed by atoms with Crippen LogP contribution >= 0.6 is 39.1 Å². The number of benzene rings is 2. The van der Waals surface area contributed by atoms with Crippen LogP contribution in [-0.4, -0.2) is 0 Å². The van der Waals surface area contributed by atoms with Gasteiger partial charge in [0.2, 0.25) is 0 Å². The fourth-order valence-corrected chi connectivity index (χ4v) is 2.36. The molecule has 0 saturated heterocycles. The van der Waals surface area contributed by atoms with Crippen LogP contribution in [0.15, 0.2) is 46.9 Å². The van der Waals surface area contributed by atoms with E-state index in [9.17, 15) is 0 Å². The van der Waals surface area contributed by atoms with Crippen molar-refractivity contribution in [1.29, 1.82) is 0 Å². The molecule has 0 bridgehead atoms. The van der Waals surface area contributed by atoms with E-state index >= 15 is 0 Å². The van der Waals surface area contributed by atoms with Crippen molar-refractivity contribution in [1.82, 2.24) is 0 Å². The second kappa shape index (κ2) is 5.76. The third-order valence-electron chi connectivity index (χ3n) is 2.13. The normalized spacial score (nSPS) is 10.3. The zero-order valence-corrected chi connectivity index (χ0v) is 11.9. The number of hydrogen-bond acceptors (Lipinski definition) is 1. The Hall–Kier alpha value is -0.700. The van der Waals surface area contributed by atoms with Gasteiger partial charge in [0.05, 0.1) is 0 Å². The lowest BCUT2D eigenvalue weighted by molar-refractivity contribution is 0.306. The maximum absolute atomic E-state index is 5.89. The maximum atomic E-state index is 5.89. The first kappa shape index (κ1) is 12.7. The fourth-order valence-electron chi connectivity index (χ4n) is 1.41. The van der Waals surface area contributed by atoms with Crippen molar-refractivity contribution < 1.29 is 4.74 Å². The summed E-state index contributed by atoms with van der Waals surface area (Å²) in [5, 5.41) is 1.14. The van der Waals surface area contributed by atoms with Gasteiger partial charge in [-0.15, -0.1) is 0 Å². The molecule has 0 amide bonds. The molecule has 0 aromatic heterocycles. The smallest absolute Gasteiger partial charge is 0.122 e. The summed E-state index contributed by atoms with van der Waals surface area (Å²) in [5.41, 5.74) is 1.08. The van der Waals surface area contributed by atoms with E-state index in [1.165, 1.54) is 0 Å². The zero-order chi connectivity index (χ0) is 12.3. The molecule has 0 aliphatic heterocycles. The highest BCUT2D eigenvalue weighted by atomic mass is 79.9.